The predicted molar refractivity (Wildman–Crippen MR) is 71.6 cm³/mol. The molecule has 0 aromatic heterocycles. The zero-order chi connectivity index (χ0) is 13.8. The first kappa shape index (κ1) is 14.2. The van der Waals surface area contributed by atoms with Crippen molar-refractivity contribution in [1.29, 1.82) is 0 Å². The van der Waals surface area contributed by atoms with Crippen molar-refractivity contribution in [3.63, 3.8) is 0 Å². The lowest BCUT2D eigenvalue weighted by Crippen LogP contribution is -2.33. The van der Waals surface area contributed by atoms with Crippen molar-refractivity contribution >= 4 is 12.2 Å². The fourth-order valence-corrected chi connectivity index (χ4v) is 1.46. The maximum Gasteiger partial charge on any atom is 0.338 e. The van der Waals surface area contributed by atoms with E-state index >= 15 is 0 Å². The zero-order valence-electron chi connectivity index (χ0n) is 11.5. The standard InChI is InChI=1S/C14H19NO3/c1-6-15-14(3,4)13(16)18-11-8-7-10(2)9-12(11)17-5/h6-9H,1-5H3. The van der Waals surface area contributed by atoms with Crippen LogP contribution in [0.25, 0.3) is 0 Å². The zero-order valence-corrected chi connectivity index (χ0v) is 11.5. The summed E-state index contributed by atoms with van der Waals surface area (Å²) in [4.78, 5) is 16.1. The summed E-state index contributed by atoms with van der Waals surface area (Å²) in [5.74, 6) is 0.537. The Bertz CT molecular complexity index is 464. The van der Waals surface area contributed by atoms with Crippen molar-refractivity contribution < 1.29 is 14.3 Å². The van der Waals surface area contributed by atoms with Crippen LogP contribution < -0.4 is 9.47 Å². The number of methoxy groups -OCH3 is 1. The molecular formula is C14H19NO3. The summed E-state index contributed by atoms with van der Waals surface area (Å²) < 4.78 is 10.5. The summed E-state index contributed by atoms with van der Waals surface area (Å²) in [5.41, 5.74) is 0.141. The number of rotatable bonds is 4. The number of hydrogen-bond acceptors (Lipinski definition) is 4. The third-order valence-corrected chi connectivity index (χ3v) is 2.47. The Morgan fingerprint density at radius 1 is 1.33 bits per heavy atom. The van der Waals surface area contributed by atoms with Crippen molar-refractivity contribution in [1.82, 2.24) is 0 Å². The van der Waals surface area contributed by atoms with Crippen molar-refractivity contribution in [2.45, 2.75) is 33.2 Å². The van der Waals surface area contributed by atoms with Crippen LogP contribution in [0.1, 0.15) is 26.3 Å². The van der Waals surface area contributed by atoms with Crippen molar-refractivity contribution in [2.75, 3.05) is 7.11 Å². The van der Waals surface area contributed by atoms with Gasteiger partial charge in [-0.3, -0.25) is 4.99 Å². The molecule has 0 aliphatic carbocycles. The first-order valence-corrected chi connectivity index (χ1v) is 5.77. The van der Waals surface area contributed by atoms with Crippen LogP contribution >= 0.6 is 0 Å². The molecule has 18 heavy (non-hydrogen) atoms. The molecule has 4 nitrogen and oxygen atoms in total. The van der Waals surface area contributed by atoms with E-state index in [4.69, 9.17) is 9.47 Å². The van der Waals surface area contributed by atoms with Gasteiger partial charge < -0.3 is 9.47 Å². The van der Waals surface area contributed by atoms with Crippen molar-refractivity contribution in [3.8, 4) is 11.5 Å². The van der Waals surface area contributed by atoms with E-state index in [0.29, 0.717) is 11.5 Å². The van der Waals surface area contributed by atoms with Gasteiger partial charge in [-0.05, 0) is 51.6 Å². The van der Waals surface area contributed by atoms with E-state index in [1.807, 2.05) is 19.1 Å². The Balaban J connectivity index is 2.95. The summed E-state index contributed by atoms with van der Waals surface area (Å²) in [6, 6.07) is 5.40. The summed E-state index contributed by atoms with van der Waals surface area (Å²) in [6.45, 7) is 7.12. The van der Waals surface area contributed by atoms with Crippen molar-refractivity contribution in [2.24, 2.45) is 4.99 Å². The number of esters is 1. The normalized spacial score (nSPS) is 11.6. The minimum atomic E-state index is -0.898. The van der Waals surface area contributed by atoms with E-state index in [0.717, 1.165) is 5.56 Å². The van der Waals surface area contributed by atoms with Gasteiger partial charge in [0.1, 0.15) is 0 Å². The van der Waals surface area contributed by atoms with Gasteiger partial charge in [0, 0.05) is 0 Å². The first-order valence-electron chi connectivity index (χ1n) is 5.77. The number of benzene rings is 1. The molecule has 0 heterocycles. The monoisotopic (exact) mass is 249 g/mol. The number of carbonyl (C=O) groups is 1. The lowest BCUT2D eigenvalue weighted by molar-refractivity contribution is -0.139. The predicted octanol–water partition coefficient (Wildman–Crippen LogP) is 2.78. The molecule has 0 amide bonds. The highest BCUT2D eigenvalue weighted by molar-refractivity contribution is 5.84. The second-order valence-electron chi connectivity index (χ2n) is 4.49. The number of nitrogens with zero attached hydrogens (tertiary/aromatic N) is 1. The molecule has 0 fully saturated rings. The van der Waals surface area contributed by atoms with Crippen LogP contribution in [0.15, 0.2) is 23.2 Å². The Morgan fingerprint density at radius 2 is 2.00 bits per heavy atom. The largest absolute Gasteiger partial charge is 0.493 e. The average Bonchev–Trinajstić information content (AvgIpc) is 2.31. The van der Waals surface area contributed by atoms with E-state index in [-0.39, 0.29) is 0 Å². The summed E-state index contributed by atoms with van der Waals surface area (Å²) in [6.07, 6.45) is 1.59. The van der Waals surface area contributed by atoms with Gasteiger partial charge in [0.15, 0.2) is 17.0 Å². The maximum absolute atomic E-state index is 12.0. The van der Waals surface area contributed by atoms with E-state index in [2.05, 4.69) is 4.99 Å². The summed E-state index contributed by atoms with van der Waals surface area (Å²) in [5, 5.41) is 0. The fourth-order valence-electron chi connectivity index (χ4n) is 1.46. The molecule has 0 atom stereocenters. The second-order valence-corrected chi connectivity index (χ2v) is 4.49. The smallest absolute Gasteiger partial charge is 0.338 e. The molecule has 1 rings (SSSR count). The van der Waals surface area contributed by atoms with E-state index in [1.54, 1.807) is 40.2 Å². The van der Waals surface area contributed by atoms with E-state index < -0.39 is 11.5 Å². The molecule has 98 valence electrons. The molecule has 0 saturated heterocycles. The van der Waals surface area contributed by atoms with Crippen LogP contribution in [0.2, 0.25) is 0 Å². The van der Waals surface area contributed by atoms with Crippen LogP contribution in [-0.2, 0) is 4.79 Å². The van der Waals surface area contributed by atoms with Gasteiger partial charge in [0.2, 0.25) is 0 Å². The van der Waals surface area contributed by atoms with Gasteiger partial charge in [0.05, 0.1) is 7.11 Å². The maximum atomic E-state index is 12.0. The molecule has 0 aliphatic heterocycles. The third kappa shape index (κ3) is 3.32. The molecule has 0 unspecified atom stereocenters. The molecule has 0 bridgehead atoms. The van der Waals surface area contributed by atoms with Crippen LogP contribution in [0.3, 0.4) is 0 Å². The van der Waals surface area contributed by atoms with Crippen LogP contribution in [-0.4, -0.2) is 24.8 Å². The lowest BCUT2D eigenvalue weighted by Gasteiger charge is -2.18. The van der Waals surface area contributed by atoms with Gasteiger partial charge in [-0.1, -0.05) is 6.07 Å². The summed E-state index contributed by atoms with van der Waals surface area (Å²) in [7, 11) is 1.54. The van der Waals surface area contributed by atoms with Gasteiger partial charge in [0.25, 0.3) is 0 Å². The number of aryl methyl sites for hydroxylation is 1. The van der Waals surface area contributed by atoms with E-state index in [1.165, 1.54) is 0 Å². The molecule has 0 saturated carbocycles. The Morgan fingerprint density at radius 3 is 2.56 bits per heavy atom. The van der Waals surface area contributed by atoms with Gasteiger partial charge >= 0.3 is 5.97 Å². The van der Waals surface area contributed by atoms with Crippen LogP contribution in [0, 0.1) is 6.92 Å². The van der Waals surface area contributed by atoms with Crippen LogP contribution in [0.4, 0.5) is 0 Å². The molecule has 0 radical (unpaired) electrons. The Hall–Kier alpha value is -1.84. The van der Waals surface area contributed by atoms with Gasteiger partial charge in [-0.15, -0.1) is 0 Å². The molecule has 0 N–H and O–H groups in total. The highest BCUT2D eigenvalue weighted by atomic mass is 16.6. The molecule has 1 aromatic carbocycles. The Kier molecular flexibility index (Phi) is 4.48. The molecule has 0 spiro atoms. The van der Waals surface area contributed by atoms with Gasteiger partial charge in [-0.2, -0.15) is 0 Å². The van der Waals surface area contributed by atoms with Crippen molar-refractivity contribution in [3.05, 3.63) is 23.8 Å². The minimum Gasteiger partial charge on any atom is -0.493 e. The fraction of sp³-hybridized carbons (Fsp3) is 0.429. The van der Waals surface area contributed by atoms with Crippen LogP contribution in [0.5, 0.6) is 11.5 Å². The number of ether oxygens (including phenoxy) is 2. The quantitative estimate of drug-likeness (QED) is 0.468. The second kappa shape index (κ2) is 5.67. The first-order chi connectivity index (χ1) is 8.40. The number of aliphatic imine (C=N–C) groups is 1. The SMILES string of the molecule is CC=NC(C)(C)C(=O)Oc1ccc(C)cc1OC. The number of carbonyl (C=O) groups excluding carboxylic acids is 1. The third-order valence-electron chi connectivity index (χ3n) is 2.47. The molecule has 1 aromatic rings. The Labute approximate surface area is 108 Å². The molecule has 0 aliphatic rings. The minimum absolute atomic E-state index is 0.410. The van der Waals surface area contributed by atoms with E-state index in [9.17, 15) is 4.79 Å². The topological polar surface area (TPSA) is 47.9 Å². The molecule has 4 heteroatoms. The highest BCUT2D eigenvalue weighted by Crippen LogP contribution is 2.29. The molecular weight excluding hydrogens is 230 g/mol. The lowest BCUT2D eigenvalue weighted by atomic mass is 10.1. The summed E-state index contributed by atoms with van der Waals surface area (Å²) >= 11 is 0. The van der Waals surface area contributed by atoms with Gasteiger partial charge in [-0.25, -0.2) is 4.79 Å². The highest BCUT2D eigenvalue weighted by Gasteiger charge is 2.29. The number of hydrogen-bond donors (Lipinski definition) is 0. The average molecular weight is 249 g/mol.